The summed E-state index contributed by atoms with van der Waals surface area (Å²) in [5.74, 6) is -3.46. The van der Waals surface area contributed by atoms with Crippen LogP contribution in [0, 0.1) is 0 Å². The molecule has 184 valence electrons. The van der Waals surface area contributed by atoms with Crippen LogP contribution < -0.4 is 0 Å². The highest BCUT2D eigenvalue weighted by atomic mass is 35.5. The molecule has 1 saturated heterocycles. The molecule has 0 radical (unpaired) electrons. The van der Waals surface area contributed by atoms with Crippen LogP contribution in [0.1, 0.15) is 27.2 Å². The Balaban J connectivity index is 3.45. The van der Waals surface area contributed by atoms with Crippen LogP contribution in [0.5, 0.6) is 0 Å². The summed E-state index contributed by atoms with van der Waals surface area (Å²) in [7, 11) is -0.876. The molecule has 0 spiro atoms. The summed E-state index contributed by atoms with van der Waals surface area (Å²) in [6, 6.07) is 0. The van der Waals surface area contributed by atoms with Crippen LogP contribution in [0.3, 0.4) is 0 Å². The maximum atomic E-state index is 12.3. The molecular weight excluding hydrogens is 479 g/mol. The maximum absolute atomic E-state index is 12.3. The lowest BCUT2D eigenvalue weighted by molar-refractivity contribution is -0.241. The minimum atomic E-state index is -4.04. The number of ether oxygens (including phenoxy) is 5. The van der Waals surface area contributed by atoms with Crippen molar-refractivity contribution in [3.63, 3.8) is 0 Å². The predicted octanol–water partition coefficient (Wildman–Crippen LogP) is 1.10. The fourth-order valence-electron chi connectivity index (χ4n) is 2.90. The third-order valence-electron chi connectivity index (χ3n) is 4.11. The molecule has 1 rings (SSSR count). The van der Waals surface area contributed by atoms with Gasteiger partial charge in [0.25, 0.3) is 0 Å². The Labute approximate surface area is 189 Å². The average Bonchev–Trinajstić information content (AvgIpc) is 2.71. The van der Waals surface area contributed by atoms with Gasteiger partial charge in [0.1, 0.15) is 12.2 Å². The number of phosphoric ester groups is 1. The minimum absolute atomic E-state index is 0.461. The van der Waals surface area contributed by atoms with Crippen molar-refractivity contribution in [2.24, 2.45) is 0 Å². The molecule has 5 atom stereocenters. The second-order valence-electron chi connectivity index (χ2n) is 6.48. The quantitative estimate of drug-likeness (QED) is 0.180. The van der Waals surface area contributed by atoms with Gasteiger partial charge in [-0.05, 0) is 0 Å². The van der Waals surface area contributed by atoms with E-state index in [0.717, 1.165) is 42.1 Å². The number of carbonyl (C=O) groups is 4. The number of halogens is 1. The van der Waals surface area contributed by atoms with E-state index < -0.39 is 74.2 Å². The summed E-state index contributed by atoms with van der Waals surface area (Å²) in [6.07, 6.45) is -6.17. The van der Waals surface area contributed by atoms with Crippen LogP contribution in [0.25, 0.3) is 0 Å². The molecule has 0 aromatic rings. The second-order valence-corrected chi connectivity index (χ2v) is 8.98. The SMILES string of the molecule is COC(=O)[C@@]1(Cl)C[C@@H](OC(C)=O)[C@@H](OC(C)=O)[C@@H]([C@@H](COP(=O)(OC)OC)OC(C)=O)O1. The first-order valence-corrected chi connectivity index (χ1v) is 11.0. The van der Waals surface area contributed by atoms with Gasteiger partial charge in [-0.25, -0.2) is 9.36 Å². The van der Waals surface area contributed by atoms with Gasteiger partial charge in [0.05, 0.1) is 13.7 Å². The number of methoxy groups -OCH3 is 1. The summed E-state index contributed by atoms with van der Waals surface area (Å²) in [5.41, 5.74) is 0. The van der Waals surface area contributed by atoms with Crippen LogP contribution in [0.2, 0.25) is 0 Å². The standard InChI is InChI=1S/C17H26ClO13P/c1-9(19)28-12-7-17(18,16(22)24-4)31-15(14(12)30-11(3)21)13(29-10(2)20)8-27-32(23,25-5)26-6/h12-15H,7-8H2,1-6H3/t12-,13-,14-,15-,17-/m1/s1. The van der Waals surface area contributed by atoms with E-state index in [9.17, 15) is 23.7 Å². The summed E-state index contributed by atoms with van der Waals surface area (Å²) >= 11 is 6.31. The fourth-order valence-corrected chi connectivity index (χ4v) is 3.92. The Kier molecular flexibility index (Phi) is 10.5. The van der Waals surface area contributed by atoms with Crippen molar-refractivity contribution in [2.45, 2.75) is 56.7 Å². The maximum Gasteiger partial charge on any atom is 0.474 e. The van der Waals surface area contributed by atoms with Gasteiger partial charge in [0.15, 0.2) is 12.2 Å². The molecule has 0 N–H and O–H groups in total. The summed E-state index contributed by atoms with van der Waals surface area (Å²) < 4.78 is 52.6. The van der Waals surface area contributed by atoms with E-state index in [0.29, 0.717) is 0 Å². The van der Waals surface area contributed by atoms with Gasteiger partial charge in [-0.1, -0.05) is 11.6 Å². The zero-order valence-electron chi connectivity index (χ0n) is 18.4. The van der Waals surface area contributed by atoms with Crippen LogP contribution in [-0.4, -0.2) is 81.3 Å². The highest BCUT2D eigenvalue weighted by Gasteiger charge is 2.57. The van der Waals surface area contributed by atoms with Gasteiger partial charge in [-0.15, -0.1) is 0 Å². The van der Waals surface area contributed by atoms with Gasteiger partial charge >= 0.3 is 31.7 Å². The van der Waals surface area contributed by atoms with Crippen molar-refractivity contribution < 1.29 is 61.0 Å². The van der Waals surface area contributed by atoms with Gasteiger partial charge in [0, 0.05) is 41.4 Å². The number of hydrogen-bond donors (Lipinski definition) is 0. The fraction of sp³-hybridized carbons (Fsp3) is 0.765. The molecular formula is C17H26ClO13P. The number of rotatable bonds is 10. The molecule has 0 aromatic carbocycles. The molecule has 1 aliphatic rings. The number of alkyl halides is 1. The molecule has 0 bridgehead atoms. The molecule has 15 heteroatoms. The first kappa shape index (κ1) is 28.3. The summed E-state index contributed by atoms with van der Waals surface area (Å²) in [6.45, 7) is 2.55. The van der Waals surface area contributed by atoms with E-state index in [1.807, 2.05) is 0 Å². The Bertz CT molecular complexity index is 751. The van der Waals surface area contributed by atoms with Gasteiger partial charge in [-0.3, -0.25) is 28.0 Å². The van der Waals surface area contributed by atoms with Crippen molar-refractivity contribution in [3.8, 4) is 0 Å². The molecule has 0 amide bonds. The second kappa shape index (κ2) is 11.9. The molecule has 0 unspecified atom stereocenters. The Morgan fingerprint density at radius 3 is 2.03 bits per heavy atom. The van der Waals surface area contributed by atoms with E-state index in [2.05, 4.69) is 13.8 Å². The highest BCUT2D eigenvalue weighted by molar-refractivity contribution is 7.48. The first-order valence-electron chi connectivity index (χ1n) is 9.13. The lowest BCUT2D eigenvalue weighted by Gasteiger charge is -2.44. The minimum Gasteiger partial charge on any atom is -0.466 e. The highest BCUT2D eigenvalue weighted by Crippen LogP contribution is 2.48. The van der Waals surface area contributed by atoms with E-state index in [1.54, 1.807) is 0 Å². The van der Waals surface area contributed by atoms with E-state index >= 15 is 0 Å². The smallest absolute Gasteiger partial charge is 0.466 e. The van der Waals surface area contributed by atoms with Gasteiger partial charge in [-0.2, -0.15) is 0 Å². The Morgan fingerprint density at radius 2 is 1.59 bits per heavy atom. The molecule has 1 heterocycles. The number of carbonyl (C=O) groups excluding carboxylic acids is 4. The summed E-state index contributed by atoms with van der Waals surface area (Å²) in [5, 5.41) is -2.21. The number of phosphoric acid groups is 1. The Morgan fingerprint density at radius 1 is 1.03 bits per heavy atom. The number of hydrogen-bond acceptors (Lipinski definition) is 13. The molecule has 1 aliphatic heterocycles. The van der Waals surface area contributed by atoms with Crippen LogP contribution >= 0.6 is 19.4 Å². The molecule has 0 saturated carbocycles. The van der Waals surface area contributed by atoms with E-state index in [4.69, 9.17) is 35.1 Å². The Hall–Kier alpha value is -1.76. The lowest BCUT2D eigenvalue weighted by Crippen LogP contribution is -2.62. The largest absolute Gasteiger partial charge is 0.474 e. The third kappa shape index (κ3) is 7.68. The van der Waals surface area contributed by atoms with Gasteiger partial charge < -0.3 is 23.7 Å². The van der Waals surface area contributed by atoms with Gasteiger partial charge in [0.2, 0.25) is 5.06 Å². The van der Waals surface area contributed by atoms with Crippen LogP contribution in [0.4, 0.5) is 0 Å². The zero-order chi connectivity index (χ0) is 24.7. The number of esters is 4. The molecule has 0 aliphatic carbocycles. The topological polar surface area (TPSA) is 159 Å². The monoisotopic (exact) mass is 504 g/mol. The molecule has 13 nitrogen and oxygen atoms in total. The predicted molar refractivity (Wildman–Crippen MR) is 104 cm³/mol. The molecule has 32 heavy (non-hydrogen) atoms. The third-order valence-corrected chi connectivity index (χ3v) is 5.87. The van der Waals surface area contributed by atoms with Crippen LogP contribution in [0.15, 0.2) is 0 Å². The normalized spacial score (nSPS) is 26.5. The van der Waals surface area contributed by atoms with Crippen molar-refractivity contribution in [1.82, 2.24) is 0 Å². The van der Waals surface area contributed by atoms with Crippen molar-refractivity contribution in [3.05, 3.63) is 0 Å². The van der Waals surface area contributed by atoms with Crippen molar-refractivity contribution in [1.29, 1.82) is 0 Å². The lowest BCUT2D eigenvalue weighted by atomic mass is 9.93. The summed E-state index contributed by atoms with van der Waals surface area (Å²) in [4.78, 5) is 47.4. The zero-order valence-corrected chi connectivity index (χ0v) is 20.0. The van der Waals surface area contributed by atoms with E-state index in [1.165, 1.54) is 0 Å². The van der Waals surface area contributed by atoms with Crippen LogP contribution in [-0.2, 0) is 61.0 Å². The first-order chi connectivity index (χ1) is 14.8. The molecule has 1 fully saturated rings. The average molecular weight is 505 g/mol. The van der Waals surface area contributed by atoms with E-state index in [-0.39, 0.29) is 0 Å². The van der Waals surface area contributed by atoms with Crippen molar-refractivity contribution >= 4 is 43.3 Å². The molecule has 0 aromatic heterocycles. The van der Waals surface area contributed by atoms with Crippen molar-refractivity contribution in [2.75, 3.05) is 27.9 Å².